The Morgan fingerprint density at radius 2 is 1.90 bits per heavy atom. The minimum Gasteiger partial charge on any atom is -0.349 e. The monoisotopic (exact) mass is 296 g/mol. The zero-order chi connectivity index (χ0) is 14.8. The number of hydrogen-bond acceptors (Lipinski definition) is 3. The minimum absolute atomic E-state index is 0.140. The summed E-state index contributed by atoms with van der Waals surface area (Å²) in [5.74, 6) is -0.201. The predicted molar refractivity (Wildman–Crippen MR) is 77.0 cm³/mol. The van der Waals surface area contributed by atoms with E-state index in [1.807, 2.05) is 0 Å². The molecule has 6 heteroatoms. The molecule has 0 aliphatic heterocycles. The van der Waals surface area contributed by atoms with Crippen LogP contribution in [0, 0.1) is 0 Å². The summed E-state index contributed by atoms with van der Waals surface area (Å²) >= 11 is 0. The summed E-state index contributed by atoms with van der Waals surface area (Å²) in [7, 11) is -0.561. The van der Waals surface area contributed by atoms with Gasteiger partial charge in [0, 0.05) is 25.7 Å². The second kappa shape index (κ2) is 5.93. The molecule has 1 aromatic rings. The van der Waals surface area contributed by atoms with E-state index >= 15 is 0 Å². The summed E-state index contributed by atoms with van der Waals surface area (Å²) in [5, 5.41) is 2.96. The van der Waals surface area contributed by atoms with Crippen molar-refractivity contribution in [3.8, 4) is 0 Å². The molecule has 1 amide bonds. The number of rotatable bonds is 4. The van der Waals surface area contributed by atoms with Crippen LogP contribution in [-0.2, 0) is 10.0 Å². The number of benzene rings is 1. The van der Waals surface area contributed by atoms with Crippen LogP contribution in [0.2, 0.25) is 0 Å². The smallest absolute Gasteiger partial charge is 0.251 e. The Morgan fingerprint density at radius 3 is 2.50 bits per heavy atom. The Labute approximate surface area is 120 Å². The third kappa shape index (κ3) is 3.19. The Bertz CT molecular complexity index is 590. The molecule has 0 atom stereocenters. The molecule has 1 aliphatic rings. The first kappa shape index (κ1) is 15.0. The van der Waals surface area contributed by atoms with E-state index < -0.39 is 10.0 Å². The van der Waals surface area contributed by atoms with Crippen molar-refractivity contribution in [3.05, 3.63) is 29.8 Å². The molecule has 1 fully saturated rings. The summed E-state index contributed by atoms with van der Waals surface area (Å²) in [6.07, 6.45) is 4.28. The first-order chi connectivity index (χ1) is 9.41. The number of carbonyl (C=O) groups is 1. The molecule has 0 saturated heterocycles. The second-order valence-corrected chi connectivity index (χ2v) is 7.42. The molecule has 5 nitrogen and oxygen atoms in total. The molecule has 0 aromatic heterocycles. The van der Waals surface area contributed by atoms with Gasteiger partial charge < -0.3 is 5.32 Å². The fourth-order valence-electron chi connectivity index (χ4n) is 2.35. The lowest BCUT2D eigenvalue weighted by Gasteiger charge is -2.14. The summed E-state index contributed by atoms with van der Waals surface area (Å²) in [6, 6.07) is 6.39. The van der Waals surface area contributed by atoms with E-state index in [9.17, 15) is 13.2 Å². The van der Waals surface area contributed by atoms with Crippen LogP contribution in [-0.4, -0.2) is 38.8 Å². The van der Waals surface area contributed by atoms with Gasteiger partial charge in [0.2, 0.25) is 10.0 Å². The highest BCUT2D eigenvalue weighted by molar-refractivity contribution is 7.89. The van der Waals surface area contributed by atoms with Crippen LogP contribution in [0.4, 0.5) is 0 Å². The van der Waals surface area contributed by atoms with Crippen molar-refractivity contribution in [2.24, 2.45) is 0 Å². The molecular weight excluding hydrogens is 276 g/mol. The zero-order valence-electron chi connectivity index (χ0n) is 11.8. The first-order valence-electron chi connectivity index (χ1n) is 6.75. The average Bonchev–Trinajstić information content (AvgIpc) is 2.91. The molecule has 0 heterocycles. The van der Waals surface area contributed by atoms with E-state index in [1.165, 1.54) is 26.2 Å². The summed E-state index contributed by atoms with van der Waals surface area (Å²) in [5.41, 5.74) is 0.389. The fourth-order valence-corrected chi connectivity index (χ4v) is 3.30. The molecule has 2 rings (SSSR count). The Kier molecular flexibility index (Phi) is 4.45. The van der Waals surface area contributed by atoms with Gasteiger partial charge in [-0.25, -0.2) is 12.7 Å². The number of carbonyl (C=O) groups excluding carboxylic acids is 1. The standard InChI is InChI=1S/C14H20N2O3S/c1-16(2)20(18,19)13-9-5-6-11(10-13)14(17)15-12-7-3-4-8-12/h5-6,9-10,12H,3-4,7-8H2,1-2H3,(H,15,17). The van der Waals surface area contributed by atoms with Gasteiger partial charge in [-0.05, 0) is 31.0 Å². The summed E-state index contributed by atoms with van der Waals surface area (Å²) in [4.78, 5) is 12.3. The van der Waals surface area contributed by atoms with Gasteiger partial charge >= 0.3 is 0 Å². The van der Waals surface area contributed by atoms with E-state index in [-0.39, 0.29) is 16.8 Å². The van der Waals surface area contributed by atoms with Crippen molar-refractivity contribution in [1.29, 1.82) is 0 Å². The van der Waals surface area contributed by atoms with Crippen molar-refractivity contribution in [2.45, 2.75) is 36.6 Å². The van der Waals surface area contributed by atoms with Gasteiger partial charge in [-0.15, -0.1) is 0 Å². The third-order valence-corrected chi connectivity index (χ3v) is 5.38. The lowest BCUT2D eigenvalue weighted by atomic mass is 10.2. The van der Waals surface area contributed by atoms with Gasteiger partial charge in [0.05, 0.1) is 4.90 Å². The number of nitrogens with one attached hydrogen (secondary N) is 1. The highest BCUT2D eigenvalue weighted by Gasteiger charge is 2.21. The predicted octanol–water partition coefficient (Wildman–Crippen LogP) is 1.61. The van der Waals surface area contributed by atoms with Crippen molar-refractivity contribution < 1.29 is 13.2 Å². The zero-order valence-corrected chi connectivity index (χ0v) is 12.6. The summed E-state index contributed by atoms with van der Waals surface area (Å²) in [6.45, 7) is 0. The van der Waals surface area contributed by atoms with Gasteiger partial charge in [0.15, 0.2) is 0 Å². The van der Waals surface area contributed by atoms with Gasteiger partial charge in [0.25, 0.3) is 5.91 Å². The van der Waals surface area contributed by atoms with Crippen LogP contribution in [0.1, 0.15) is 36.0 Å². The van der Waals surface area contributed by atoms with Crippen LogP contribution >= 0.6 is 0 Å². The molecule has 20 heavy (non-hydrogen) atoms. The molecule has 110 valence electrons. The lowest BCUT2D eigenvalue weighted by molar-refractivity contribution is 0.0937. The van der Waals surface area contributed by atoms with E-state index in [0.29, 0.717) is 5.56 Å². The minimum atomic E-state index is -3.51. The van der Waals surface area contributed by atoms with Crippen molar-refractivity contribution in [2.75, 3.05) is 14.1 Å². The third-order valence-electron chi connectivity index (χ3n) is 3.57. The van der Waals surface area contributed by atoms with E-state index in [2.05, 4.69) is 5.32 Å². The van der Waals surface area contributed by atoms with Crippen LogP contribution in [0.15, 0.2) is 29.2 Å². The molecule has 1 N–H and O–H groups in total. The second-order valence-electron chi connectivity index (χ2n) is 5.27. The number of hydrogen-bond donors (Lipinski definition) is 1. The Morgan fingerprint density at radius 1 is 1.25 bits per heavy atom. The molecule has 0 unspecified atom stereocenters. The maximum absolute atomic E-state index is 12.1. The molecule has 1 aromatic carbocycles. The van der Waals surface area contributed by atoms with Crippen molar-refractivity contribution >= 4 is 15.9 Å². The normalized spacial score (nSPS) is 16.6. The fraction of sp³-hybridized carbons (Fsp3) is 0.500. The highest BCUT2D eigenvalue weighted by Crippen LogP contribution is 2.19. The topological polar surface area (TPSA) is 66.5 Å². The van der Waals surface area contributed by atoms with Crippen LogP contribution < -0.4 is 5.32 Å². The number of nitrogens with zero attached hydrogens (tertiary/aromatic N) is 1. The van der Waals surface area contributed by atoms with Gasteiger partial charge in [-0.3, -0.25) is 4.79 Å². The Balaban J connectivity index is 2.19. The van der Waals surface area contributed by atoms with E-state index in [4.69, 9.17) is 0 Å². The van der Waals surface area contributed by atoms with Gasteiger partial charge in [0.1, 0.15) is 0 Å². The van der Waals surface area contributed by atoms with Crippen molar-refractivity contribution in [3.63, 3.8) is 0 Å². The SMILES string of the molecule is CN(C)S(=O)(=O)c1cccc(C(=O)NC2CCCC2)c1. The van der Waals surface area contributed by atoms with Crippen LogP contribution in [0.3, 0.4) is 0 Å². The molecule has 0 radical (unpaired) electrons. The van der Waals surface area contributed by atoms with Crippen LogP contribution in [0.5, 0.6) is 0 Å². The van der Waals surface area contributed by atoms with E-state index in [1.54, 1.807) is 12.1 Å². The summed E-state index contributed by atoms with van der Waals surface area (Å²) < 4.78 is 25.2. The molecule has 1 aliphatic carbocycles. The quantitative estimate of drug-likeness (QED) is 0.918. The first-order valence-corrected chi connectivity index (χ1v) is 8.19. The maximum Gasteiger partial charge on any atom is 0.251 e. The molecular formula is C14H20N2O3S. The number of amides is 1. The molecule has 0 spiro atoms. The van der Waals surface area contributed by atoms with Gasteiger partial charge in [-0.2, -0.15) is 0 Å². The largest absolute Gasteiger partial charge is 0.349 e. The van der Waals surface area contributed by atoms with Crippen LogP contribution in [0.25, 0.3) is 0 Å². The average molecular weight is 296 g/mol. The van der Waals surface area contributed by atoms with Crippen molar-refractivity contribution in [1.82, 2.24) is 9.62 Å². The molecule has 0 bridgehead atoms. The highest BCUT2D eigenvalue weighted by atomic mass is 32.2. The van der Waals surface area contributed by atoms with Gasteiger partial charge in [-0.1, -0.05) is 18.9 Å². The molecule has 1 saturated carbocycles. The van der Waals surface area contributed by atoms with E-state index in [0.717, 1.165) is 30.0 Å². The number of sulfonamides is 1. The Hall–Kier alpha value is -1.40. The lowest BCUT2D eigenvalue weighted by Crippen LogP contribution is -2.32. The maximum atomic E-state index is 12.1.